The van der Waals surface area contributed by atoms with Crippen molar-refractivity contribution in [2.75, 3.05) is 13.1 Å². The van der Waals surface area contributed by atoms with E-state index in [9.17, 15) is 9.90 Å². The summed E-state index contributed by atoms with van der Waals surface area (Å²) in [5.74, 6) is 0.225. The van der Waals surface area contributed by atoms with Crippen molar-refractivity contribution >= 4 is 5.91 Å². The Balaban J connectivity index is 2.02. The number of nitrogens with one attached hydrogen (secondary N) is 1. The molecule has 0 bridgehead atoms. The average Bonchev–Trinajstić information content (AvgIpc) is 2.87. The van der Waals surface area contributed by atoms with Gasteiger partial charge in [0, 0.05) is 31.4 Å². The smallest absolute Gasteiger partial charge is 0.255 e. The average molecular weight is 222 g/mol. The first-order chi connectivity index (χ1) is 7.48. The summed E-state index contributed by atoms with van der Waals surface area (Å²) in [4.78, 5) is 16.7. The van der Waals surface area contributed by atoms with E-state index < -0.39 is 5.60 Å². The summed E-state index contributed by atoms with van der Waals surface area (Å²) in [6.07, 6.45) is 4.33. The first kappa shape index (κ1) is 11.2. The van der Waals surface area contributed by atoms with E-state index in [1.165, 1.54) is 0 Å². The molecular weight excluding hydrogens is 204 g/mol. The third kappa shape index (κ3) is 2.11. The first-order valence-corrected chi connectivity index (χ1v) is 5.63. The first-order valence-electron chi connectivity index (χ1n) is 5.63. The lowest BCUT2D eigenvalue weighted by atomic mass is 9.90. The lowest BCUT2D eigenvalue weighted by molar-refractivity contribution is 0.0211. The Labute approximate surface area is 95.3 Å². The Hall–Kier alpha value is -1.29. The fourth-order valence-corrected chi connectivity index (χ4v) is 2.16. The minimum atomic E-state index is -0.701. The predicted octanol–water partition coefficient (Wildman–Crippen LogP) is 1.25. The fraction of sp³-hybridized carbons (Fsp3) is 0.583. The zero-order valence-corrected chi connectivity index (χ0v) is 9.73. The molecule has 1 aliphatic rings. The van der Waals surface area contributed by atoms with Gasteiger partial charge in [-0.3, -0.25) is 4.79 Å². The highest BCUT2D eigenvalue weighted by molar-refractivity contribution is 5.94. The molecule has 1 aromatic heterocycles. The van der Waals surface area contributed by atoms with Gasteiger partial charge in [-0.15, -0.1) is 0 Å². The van der Waals surface area contributed by atoms with E-state index in [1.54, 1.807) is 18.5 Å². The quantitative estimate of drug-likeness (QED) is 0.791. The summed E-state index contributed by atoms with van der Waals surface area (Å²) in [5.41, 5.74) is -0.0101. The Kier molecular flexibility index (Phi) is 2.76. The third-order valence-electron chi connectivity index (χ3n) is 3.32. The molecule has 1 aliphatic heterocycles. The van der Waals surface area contributed by atoms with Gasteiger partial charge in [0.2, 0.25) is 0 Å². The topological polar surface area (TPSA) is 56.3 Å². The van der Waals surface area contributed by atoms with Crippen LogP contribution in [-0.2, 0) is 0 Å². The summed E-state index contributed by atoms with van der Waals surface area (Å²) >= 11 is 0. The van der Waals surface area contributed by atoms with Crippen LogP contribution in [0.2, 0.25) is 0 Å². The predicted molar refractivity (Wildman–Crippen MR) is 61.1 cm³/mol. The molecule has 4 heteroatoms. The van der Waals surface area contributed by atoms with E-state index in [0.29, 0.717) is 12.1 Å². The number of hydrogen-bond acceptors (Lipinski definition) is 2. The van der Waals surface area contributed by atoms with E-state index >= 15 is 0 Å². The van der Waals surface area contributed by atoms with Gasteiger partial charge in [-0.2, -0.15) is 0 Å². The summed E-state index contributed by atoms with van der Waals surface area (Å²) in [7, 11) is 0. The number of aromatic nitrogens is 1. The van der Waals surface area contributed by atoms with Crippen LogP contribution >= 0.6 is 0 Å². The van der Waals surface area contributed by atoms with Crippen LogP contribution in [0.5, 0.6) is 0 Å². The molecule has 88 valence electrons. The Bertz CT molecular complexity index is 365. The molecule has 0 unspecified atom stereocenters. The maximum atomic E-state index is 12.0. The van der Waals surface area contributed by atoms with Crippen LogP contribution in [-0.4, -0.2) is 39.6 Å². The van der Waals surface area contributed by atoms with Gasteiger partial charge in [-0.1, -0.05) is 0 Å². The maximum Gasteiger partial charge on any atom is 0.255 e. The fourth-order valence-electron chi connectivity index (χ4n) is 2.16. The summed E-state index contributed by atoms with van der Waals surface area (Å²) in [5, 5.41) is 9.90. The van der Waals surface area contributed by atoms with Crippen molar-refractivity contribution in [3.05, 3.63) is 24.0 Å². The number of aliphatic hydroxyl groups is 1. The van der Waals surface area contributed by atoms with Crippen LogP contribution in [0.3, 0.4) is 0 Å². The minimum absolute atomic E-state index is 0.0491. The lowest BCUT2D eigenvalue weighted by Gasteiger charge is -2.25. The van der Waals surface area contributed by atoms with Gasteiger partial charge in [0.25, 0.3) is 5.91 Å². The second-order valence-corrected chi connectivity index (χ2v) is 4.99. The maximum absolute atomic E-state index is 12.0. The molecule has 2 heterocycles. The molecule has 1 fully saturated rings. The number of nitrogens with zero attached hydrogens (tertiary/aromatic N) is 1. The van der Waals surface area contributed by atoms with Gasteiger partial charge in [0.05, 0.1) is 11.2 Å². The van der Waals surface area contributed by atoms with Crippen LogP contribution in [0.15, 0.2) is 18.5 Å². The Morgan fingerprint density at radius 3 is 2.88 bits per heavy atom. The van der Waals surface area contributed by atoms with Crippen molar-refractivity contribution in [1.29, 1.82) is 0 Å². The lowest BCUT2D eigenvalue weighted by Crippen LogP contribution is -2.35. The summed E-state index contributed by atoms with van der Waals surface area (Å²) in [6, 6.07) is 1.78. The SMILES string of the molecule is CC(C)(O)[C@H]1CCN(C(=O)c2cc[nH]c2)C1. The van der Waals surface area contributed by atoms with Gasteiger partial charge in [0.15, 0.2) is 0 Å². The Morgan fingerprint density at radius 1 is 1.62 bits per heavy atom. The van der Waals surface area contributed by atoms with Gasteiger partial charge < -0.3 is 15.0 Å². The van der Waals surface area contributed by atoms with E-state index in [4.69, 9.17) is 0 Å². The molecule has 1 aromatic rings. The molecule has 0 aliphatic carbocycles. The second kappa shape index (κ2) is 3.94. The van der Waals surface area contributed by atoms with Crippen molar-refractivity contribution < 1.29 is 9.90 Å². The van der Waals surface area contributed by atoms with Crippen LogP contribution < -0.4 is 0 Å². The molecule has 0 saturated carbocycles. The number of amides is 1. The molecule has 2 rings (SSSR count). The van der Waals surface area contributed by atoms with Gasteiger partial charge >= 0.3 is 0 Å². The van der Waals surface area contributed by atoms with Gasteiger partial charge in [-0.05, 0) is 26.3 Å². The van der Waals surface area contributed by atoms with Crippen LogP contribution in [0, 0.1) is 5.92 Å². The molecular formula is C12H18N2O2. The summed E-state index contributed by atoms with van der Waals surface area (Å²) < 4.78 is 0. The number of hydrogen-bond donors (Lipinski definition) is 2. The highest BCUT2D eigenvalue weighted by atomic mass is 16.3. The highest BCUT2D eigenvalue weighted by Crippen LogP contribution is 2.27. The normalized spacial score (nSPS) is 21.4. The number of carbonyl (C=O) groups is 1. The van der Waals surface area contributed by atoms with Crippen LogP contribution in [0.1, 0.15) is 30.6 Å². The highest BCUT2D eigenvalue weighted by Gasteiger charge is 2.35. The molecule has 0 aromatic carbocycles. The number of H-pyrrole nitrogens is 1. The van der Waals surface area contributed by atoms with E-state index in [0.717, 1.165) is 13.0 Å². The molecule has 16 heavy (non-hydrogen) atoms. The number of carbonyl (C=O) groups excluding carboxylic acids is 1. The number of rotatable bonds is 2. The van der Waals surface area contributed by atoms with Crippen molar-refractivity contribution in [3.8, 4) is 0 Å². The van der Waals surface area contributed by atoms with Crippen LogP contribution in [0.25, 0.3) is 0 Å². The molecule has 1 saturated heterocycles. The molecule has 0 radical (unpaired) electrons. The largest absolute Gasteiger partial charge is 0.390 e. The number of likely N-dealkylation sites (tertiary alicyclic amines) is 1. The van der Waals surface area contributed by atoms with Crippen molar-refractivity contribution in [2.24, 2.45) is 5.92 Å². The Morgan fingerprint density at radius 2 is 2.38 bits per heavy atom. The molecule has 2 N–H and O–H groups in total. The number of aromatic amines is 1. The van der Waals surface area contributed by atoms with Crippen LogP contribution in [0.4, 0.5) is 0 Å². The monoisotopic (exact) mass is 222 g/mol. The molecule has 1 amide bonds. The van der Waals surface area contributed by atoms with Crippen molar-refractivity contribution in [2.45, 2.75) is 25.9 Å². The van der Waals surface area contributed by atoms with Crippen molar-refractivity contribution in [3.63, 3.8) is 0 Å². The standard InChI is InChI=1S/C12H18N2O2/c1-12(2,16)10-4-6-14(8-10)11(15)9-3-5-13-7-9/h3,5,7,10,13,16H,4,6,8H2,1-2H3/t10-/m0/s1. The zero-order valence-electron chi connectivity index (χ0n) is 9.73. The zero-order chi connectivity index (χ0) is 11.8. The summed E-state index contributed by atoms with van der Waals surface area (Å²) in [6.45, 7) is 5.00. The van der Waals surface area contributed by atoms with Gasteiger partial charge in [0.1, 0.15) is 0 Å². The minimum Gasteiger partial charge on any atom is -0.390 e. The molecule has 4 nitrogen and oxygen atoms in total. The second-order valence-electron chi connectivity index (χ2n) is 4.99. The van der Waals surface area contributed by atoms with E-state index in [-0.39, 0.29) is 11.8 Å². The van der Waals surface area contributed by atoms with Crippen molar-refractivity contribution in [1.82, 2.24) is 9.88 Å². The molecule has 0 spiro atoms. The van der Waals surface area contributed by atoms with E-state index in [2.05, 4.69) is 4.98 Å². The van der Waals surface area contributed by atoms with E-state index in [1.807, 2.05) is 18.7 Å². The third-order valence-corrected chi connectivity index (χ3v) is 3.32. The van der Waals surface area contributed by atoms with Gasteiger partial charge in [-0.25, -0.2) is 0 Å². The molecule has 1 atom stereocenters.